The fourth-order valence-electron chi connectivity index (χ4n) is 1.81. The van der Waals surface area contributed by atoms with Gasteiger partial charge in [-0.3, -0.25) is 0 Å². The number of rotatable bonds is 7. The second-order valence-corrected chi connectivity index (χ2v) is 6.47. The number of nitrogens with one attached hydrogen (secondary N) is 1. The minimum atomic E-state index is 0.695. The van der Waals surface area contributed by atoms with Crippen molar-refractivity contribution in [3.05, 3.63) is 58.1 Å². The van der Waals surface area contributed by atoms with Crippen molar-refractivity contribution in [1.82, 2.24) is 5.32 Å². The molecule has 112 valence electrons. The largest absolute Gasteiger partial charge is 0.383 e. The molecule has 0 aromatic heterocycles. The third kappa shape index (κ3) is 5.53. The summed E-state index contributed by atoms with van der Waals surface area (Å²) in [5, 5.41) is 4.84. The number of methoxy groups -OCH3 is 1. The highest BCUT2D eigenvalue weighted by atomic mass is 35.5. The lowest BCUT2D eigenvalue weighted by Crippen LogP contribution is -2.18. The van der Waals surface area contributed by atoms with E-state index >= 15 is 0 Å². The molecule has 5 heteroatoms. The summed E-state index contributed by atoms with van der Waals surface area (Å²) in [5.74, 6) is 0. The van der Waals surface area contributed by atoms with Gasteiger partial charge in [0.25, 0.3) is 0 Å². The summed E-state index contributed by atoms with van der Waals surface area (Å²) in [4.78, 5) is 2.34. The summed E-state index contributed by atoms with van der Waals surface area (Å²) >= 11 is 13.7. The second-order valence-electron chi connectivity index (χ2n) is 4.48. The van der Waals surface area contributed by atoms with E-state index in [-0.39, 0.29) is 0 Å². The summed E-state index contributed by atoms with van der Waals surface area (Å²) in [5.41, 5.74) is 1.18. The molecule has 0 heterocycles. The molecule has 0 atom stereocenters. The monoisotopic (exact) mass is 341 g/mol. The first-order valence-electron chi connectivity index (χ1n) is 6.60. The summed E-state index contributed by atoms with van der Waals surface area (Å²) in [6, 6.07) is 13.8. The van der Waals surface area contributed by atoms with Crippen molar-refractivity contribution in [2.75, 3.05) is 20.3 Å². The van der Waals surface area contributed by atoms with Gasteiger partial charge in [0.1, 0.15) is 0 Å². The highest BCUT2D eigenvalue weighted by Gasteiger charge is 2.06. The second kappa shape index (κ2) is 8.66. The van der Waals surface area contributed by atoms with Crippen LogP contribution in [0.5, 0.6) is 0 Å². The maximum Gasteiger partial charge on any atom is 0.0587 e. The first-order chi connectivity index (χ1) is 10.2. The van der Waals surface area contributed by atoms with Gasteiger partial charge >= 0.3 is 0 Å². The minimum Gasteiger partial charge on any atom is -0.383 e. The van der Waals surface area contributed by atoms with E-state index in [0.717, 1.165) is 28.0 Å². The molecular weight excluding hydrogens is 325 g/mol. The van der Waals surface area contributed by atoms with Crippen LogP contribution in [-0.4, -0.2) is 20.3 Å². The van der Waals surface area contributed by atoms with Gasteiger partial charge in [0, 0.05) is 40.0 Å². The van der Waals surface area contributed by atoms with E-state index in [9.17, 15) is 0 Å². The van der Waals surface area contributed by atoms with Crippen LogP contribution in [0.15, 0.2) is 52.3 Å². The van der Waals surface area contributed by atoms with Crippen molar-refractivity contribution in [3.63, 3.8) is 0 Å². The van der Waals surface area contributed by atoms with Gasteiger partial charge in [-0.25, -0.2) is 0 Å². The molecule has 0 radical (unpaired) electrons. The van der Waals surface area contributed by atoms with Gasteiger partial charge in [0.2, 0.25) is 0 Å². The molecule has 2 rings (SSSR count). The Morgan fingerprint density at radius 3 is 2.48 bits per heavy atom. The van der Waals surface area contributed by atoms with E-state index in [1.165, 1.54) is 10.5 Å². The van der Waals surface area contributed by atoms with Crippen LogP contribution in [-0.2, 0) is 11.3 Å². The van der Waals surface area contributed by atoms with E-state index in [1.54, 1.807) is 18.9 Å². The fraction of sp³-hybridized carbons (Fsp3) is 0.250. The highest BCUT2D eigenvalue weighted by molar-refractivity contribution is 7.99. The molecule has 0 aliphatic rings. The first-order valence-corrected chi connectivity index (χ1v) is 8.18. The summed E-state index contributed by atoms with van der Waals surface area (Å²) in [6.07, 6.45) is 0. The quantitative estimate of drug-likeness (QED) is 0.725. The Morgan fingerprint density at radius 1 is 1.05 bits per heavy atom. The van der Waals surface area contributed by atoms with Crippen LogP contribution in [0.4, 0.5) is 0 Å². The zero-order valence-electron chi connectivity index (χ0n) is 11.7. The van der Waals surface area contributed by atoms with Crippen molar-refractivity contribution in [2.45, 2.75) is 16.3 Å². The number of ether oxygens (including phenoxy) is 1. The fourth-order valence-corrected chi connectivity index (χ4v) is 3.06. The van der Waals surface area contributed by atoms with Crippen molar-refractivity contribution in [3.8, 4) is 0 Å². The average Bonchev–Trinajstić information content (AvgIpc) is 2.48. The Balaban J connectivity index is 2.08. The molecule has 0 spiro atoms. The summed E-state index contributed by atoms with van der Waals surface area (Å²) < 4.78 is 5.03. The van der Waals surface area contributed by atoms with E-state index in [1.807, 2.05) is 36.4 Å². The molecule has 0 saturated heterocycles. The maximum atomic E-state index is 6.10. The molecule has 1 N–H and O–H groups in total. The standard InChI is InChI=1S/C16H17Cl2NOS/c1-20-9-8-19-11-12-10-14(18)4-7-16(12)21-15-5-2-13(17)3-6-15/h2-7,10,19H,8-9,11H2,1H3. The summed E-state index contributed by atoms with van der Waals surface area (Å²) in [7, 11) is 1.70. The molecule has 2 nitrogen and oxygen atoms in total. The molecule has 2 aromatic rings. The summed E-state index contributed by atoms with van der Waals surface area (Å²) in [6.45, 7) is 2.27. The predicted octanol–water partition coefficient (Wildman–Crippen LogP) is 4.88. The maximum absolute atomic E-state index is 6.10. The van der Waals surface area contributed by atoms with Crippen LogP contribution in [0.1, 0.15) is 5.56 Å². The van der Waals surface area contributed by atoms with Crippen LogP contribution < -0.4 is 5.32 Å². The molecule has 21 heavy (non-hydrogen) atoms. The van der Waals surface area contributed by atoms with E-state index < -0.39 is 0 Å². The normalized spacial score (nSPS) is 10.8. The zero-order chi connectivity index (χ0) is 15.1. The smallest absolute Gasteiger partial charge is 0.0587 e. The van der Waals surface area contributed by atoms with Crippen molar-refractivity contribution in [1.29, 1.82) is 0 Å². The predicted molar refractivity (Wildman–Crippen MR) is 90.6 cm³/mol. The van der Waals surface area contributed by atoms with Crippen LogP contribution in [0, 0.1) is 0 Å². The van der Waals surface area contributed by atoms with Gasteiger partial charge in [0.15, 0.2) is 0 Å². The molecule has 0 fully saturated rings. The van der Waals surface area contributed by atoms with Gasteiger partial charge in [-0.2, -0.15) is 0 Å². The van der Waals surface area contributed by atoms with Gasteiger partial charge in [-0.15, -0.1) is 0 Å². The van der Waals surface area contributed by atoms with Crippen LogP contribution in [0.25, 0.3) is 0 Å². The zero-order valence-corrected chi connectivity index (χ0v) is 14.1. The highest BCUT2D eigenvalue weighted by Crippen LogP contribution is 2.32. The topological polar surface area (TPSA) is 21.3 Å². The van der Waals surface area contributed by atoms with Gasteiger partial charge in [0.05, 0.1) is 6.61 Å². The van der Waals surface area contributed by atoms with Crippen molar-refractivity contribution < 1.29 is 4.74 Å². The van der Waals surface area contributed by atoms with Gasteiger partial charge in [-0.05, 0) is 48.0 Å². The Hall–Kier alpha value is -0.710. The number of halogens is 2. The van der Waals surface area contributed by atoms with Crippen LogP contribution in [0.2, 0.25) is 10.0 Å². The molecule has 0 bridgehead atoms. The third-order valence-electron chi connectivity index (χ3n) is 2.86. The Bertz CT molecular complexity index is 575. The van der Waals surface area contributed by atoms with E-state index in [4.69, 9.17) is 27.9 Å². The molecule has 0 aliphatic heterocycles. The molecule has 0 aliphatic carbocycles. The van der Waals surface area contributed by atoms with Crippen molar-refractivity contribution in [2.24, 2.45) is 0 Å². The molecule has 2 aromatic carbocycles. The first kappa shape index (κ1) is 16.7. The molecular formula is C16H17Cl2NOS. The third-order valence-corrected chi connectivity index (χ3v) is 4.48. The lowest BCUT2D eigenvalue weighted by molar-refractivity contribution is 0.199. The van der Waals surface area contributed by atoms with Crippen LogP contribution >= 0.6 is 35.0 Å². The Labute approximate surface area is 139 Å². The molecule has 0 amide bonds. The van der Waals surface area contributed by atoms with Crippen LogP contribution in [0.3, 0.4) is 0 Å². The lowest BCUT2D eigenvalue weighted by atomic mass is 10.2. The molecule has 0 saturated carbocycles. The van der Waals surface area contributed by atoms with Gasteiger partial charge in [-0.1, -0.05) is 35.0 Å². The lowest BCUT2D eigenvalue weighted by Gasteiger charge is -2.11. The number of hydrogen-bond donors (Lipinski definition) is 1. The minimum absolute atomic E-state index is 0.695. The van der Waals surface area contributed by atoms with E-state index in [0.29, 0.717) is 6.61 Å². The van der Waals surface area contributed by atoms with Crippen molar-refractivity contribution >= 4 is 35.0 Å². The number of hydrogen-bond acceptors (Lipinski definition) is 3. The molecule has 0 unspecified atom stereocenters. The average molecular weight is 342 g/mol. The number of benzene rings is 2. The van der Waals surface area contributed by atoms with E-state index in [2.05, 4.69) is 11.4 Å². The van der Waals surface area contributed by atoms with Gasteiger partial charge < -0.3 is 10.1 Å². The SMILES string of the molecule is COCCNCc1cc(Cl)ccc1Sc1ccc(Cl)cc1. The Kier molecular flexibility index (Phi) is 6.87. The Morgan fingerprint density at radius 2 is 1.76 bits per heavy atom.